The van der Waals surface area contributed by atoms with Crippen molar-refractivity contribution >= 4 is 29.2 Å². The van der Waals surface area contributed by atoms with Gasteiger partial charge in [-0.3, -0.25) is 10.1 Å². The van der Waals surface area contributed by atoms with E-state index in [1.165, 1.54) is 18.2 Å². The van der Waals surface area contributed by atoms with Gasteiger partial charge in [-0.15, -0.1) is 0 Å². The highest BCUT2D eigenvalue weighted by Crippen LogP contribution is 2.32. The van der Waals surface area contributed by atoms with E-state index in [9.17, 15) is 22.4 Å². The number of nitrogen functional groups attached to an aromatic ring is 1. The highest BCUT2D eigenvalue weighted by Gasteiger charge is 2.31. The number of amides is 1. The third-order valence-corrected chi connectivity index (χ3v) is 5.40. The predicted octanol–water partition coefficient (Wildman–Crippen LogP) is 4.36. The normalized spacial score (nSPS) is 16.1. The van der Waals surface area contributed by atoms with Crippen LogP contribution in [0.4, 0.5) is 23.2 Å². The highest BCUT2D eigenvalue weighted by molar-refractivity contribution is 6.30. The number of guanidine groups is 1. The number of alkyl halides is 3. The van der Waals surface area contributed by atoms with Gasteiger partial charge in [-0.2, -0.15) is 13.2 Å². The number of nitrogens with zero attached hydrogens (tertiary/aromatic N) is 1. The highest BCUT2D eigenvalue weighted by atomic mass is 35.5. The molecule has 1 atom stereocenters. The minimum atomic E-state index is -4.54. The molecule has 1 unspecified atom stereocenters. The SMILES string of the molecule is Nc1cc(C(F)(F)F)ccc1C(N)NC(=NC1CCCC1)NC(=O)c1ccc(Cl)c(F)c1. The van der Waals surface area contributed by atoms with E-state index in [0.717, 1.165) is 43.9 Å². The summed E-state index contributed by atoms with van der Waals surface area (Å²) in [5, 5.41) is 5.23. The van der Waals surface area contributed by atoms with Gasteiger partial charge in [0.15, 0.2) is 5.96 Å². The number of hydrogen-bond donors (Lipinski definition) is 4. The number of hydrogen-bond acceptors (Lipinski definition) is 4. The third-order valence-electron chi connectivity index (χ3n) is 5.09. The molecule has 1 saturated carbocycles. The molecule has 0 heterocycles. The topological polar surface area (TPSA) is 106 Å². The van der Waals surface area contributed by atoms with Crippen LogP contribution in [-0.2, 0) is 6.18 Å². The first-order valence-electron chi connectivity index (χ1n) is 9.87. The minimum absolute atomic E-state index is 0.00966. The van der Waals surface area contributed by atoms with E-state index in [-0.39, 0.29) is 33.8 Å². The van der Waals surface area contributed by atoms with Crippen molar-refractivity contribution in [2.45, 2.75) is 44.1 Å². The molecule has 6 nitrogen and oxygen atoms in total. The number of nitrogens with one attached hydrogen (secondary N) is 2. The average molecular weight is 472 g/mol. The minimum Gasteiger partial charge on any atom is -0.398 e. The summed E-state index contributed by atoms with van der Waals surface area (Å²) in [6.45, 7) is 0. The van der Waals surface area contributed by atoms with Gasteiger partial charge in [0.2, 0.25) is 0 Å². The van der Waals surface area contributed by atoms with E-state index < -0.39 is 29.6 Å². The summed E-state index contributed by atoms with van der Waals surface area (Å²) in [7, 11) is 0. The van der Waals surface area contributed by atoms with Crippen LogP contribution in [0.3, 0.4) is 0 Å². The molecule has 3 rings (SSSR count). The molecule has 11 heteroatoms. The van der Waals surface area contributed by atoms with Crippen molar-refractivity contribution in [3.05, 3.63) is 63.9 Å². The maximum Gasteiger partial charge on any atom is 0.416 e. The molecule has 2 aromatic rings. The molecule has 0 spiro atoms. The molecule has 0 aromatic heterocycles. The Hall–Kier alpha value is -2.85. The molecule has 32 heavy (non-hydrogen) atoms. The first-order valence-corrected chi connectivity index (χ1v) is 10.3. The van der Waals surface area contributed by atoms with Gasteiger partial charge in [0.1, 0.15) is 12.0 Å². The average Bonchev–Trinajstić information content (AvgIpc) is 3.22. The Morgan fingerprint density at radius 1 is 1.16 bits per heavy atom. The first kappa shape index (κ1) is 23.8. The maximum atomic E-state index is 13.7. The van der Waals surface area contributed by atoms with Crippen molar-refractivity contribution in [3.8, 4) is 0 Å². The van der Waals surface area contributed by atoms with Crippen molar-refractivity contribution in [3.63, 3.8) is 0 Å². The van der Waals surface area contributed by atoms with Gasteiger partial charge < -0.3 is 16.8 Å². The lowest BCUT2D eigenvalue weighted by molar-refractivity contribution is -0.137. The Kier molecular flexibility index (Phi) is 7.25. The van der Waals surface area contributed by atoms with Crippen LogP contribution >= 0.6 is 11.6 Å². The third kappa shape index (κ3) is 5.89. The fraction of sp³-hybridized carbons (Fsp3) is 0.333. The van der Waals surface area contributed by atoms with Gasteiger partial charge in [0.25, 0.3) is 5.91 Å². The van der Waals surface area contributed by atoms with Gasteiger partial charge in [-0.05, 0) is 43.2 Å². The largest absolute Gasteiger partial charge is 0.416 e. The molecule has 172 valence electrons. The summed E-state index contributed by atoms with van der Waals surface area (Å²) < 4.78 is 52.4. The number of aliphatic imine (C=N–C) groups is 1. The van der Waals surface area contributed by atoms with E-state index in [4.69, 9.17) is 23.1 Å². The first-order chi connectivity index (χ1) is 15.0. The summed E-state index contributed by atoms with van der Waals surface area (Å²) in [5.41, 5.74) is 11.0. The molecule has 0 bridgehead atoms. The summed E-state index contributed by atoms with van der Waals surface area (Å²) in [4.78, 5) is 17.1. The van der Waals surface area contributed by atoms with Crippen molar-refractivity contribution in [1.82, 2.24) is 10.6 Å². The Balaban J connectivity index is 1.81. The summed E-state index contributed by atoms with van der Waals surface area (Å²) in [5.74, 6) is -1.39. The van der Waals surface area contributed by atoms with Gasteiger partial charge in [-0.25, -0.2) is 9.38 Å². The summed E-state index contributed by atoms with van der Waals surface area (Å²) in [6.07, 6.45) is -2.01. The van der Waals surface area contributed by atoms with Gasteiger partial charge >= 0.3 is 6.18 Å². The van der Waals surface area contributed by atoms with Crippen molar-refractivity contribution < 1.29 is 22.4 Å². The molecule has 1 amide bonds. The Labute approximate surface area is 187 Å². The molecule has 6 N–H and O–H groups in total. The van der Waals surface area contributed by atoms with E-state index in [2.05, 4.69) is 15.6 Å². The number of nitrogens with two attached hydrogens (primary N) is 2. The van der Waals surface area contributed by atoms with E-state index >= 15 is 0 Å². The van der Waals surface area contributed by atoms with Crippen LogP contribution in [0.15, 0.2) is 41.4 Å². The smallest absolute Gasteiger partial charge is 0.398 e. The standard InChI is InChI=1S/C21H22ClF4N5O/c22-15-8-5-11(9-16(15)23)19(32)31-20(29-13-3-1-2-4-13)30-18(28)14-7-6-12(10-17(14)27)21(24,25)26/h5-10,13,18H,1-4,27-28H2,(H2,29,30,31,32). The van der Waals surface area contributed by atoms with Crippen LogP contribution in [0, 0.1) is 5.82 Å². The molecule has 1 fully saturated rings. The number of rotatable bonds is 4. The molecular formula is C21H22ClF4N5O. The molecule has 1 aliphatic rings. The summed E-state index contributed by atoms with van der Waals surface area (Å²) in [6, 6.07) is 6.36. The molecule has 0 radical (unpaired) electrons. The lowest BCUT2D eigenvalue weighted by Crippen LogP contribution is -2.46. The zero-order valence-electron chi connectivity index (χ0n) is 16.8. The van der Waals surface area contributed by atoms with Crippen LogP contribution < -0.4 is 22.1 Å². The number of carbonyl (C=O) groups excluding carboxylic acids is 1. The van der Waals surface area contributed by atoms with Crippen LogP contribution in [-0.4, -0.2) is 17.9 Å². The fourth-order valence-electron chi connectivity index (χ4n) is 3.40. The van der Waals surface area contributed by atoms with Crippen molar-refractivity contribution in [2.24, 2.45) is 10.7 Å². The second-order valence-corrected chi connectivity index (χ2v) is 7.87. The number of anilines is 1. The molecule has 0 aliphatic heterocycles. The van der Waals surface area contributed by atoms with Gasteiger partial charge in [-0.1, -0.05) is 30.5 Å². The predicted molar refractivity (Wildman–Crippen MR) is 114 cm³/mol. The zero-order chi connectivity index (χ0) is 23.5. The Bertz CT molecular complexity index is 1020. The number of benzene rings is 2. The van der Waals surface area contributed by atoms with Crippen LogP contribution in [0.5, 0.6) is 0 Å². The van der Waals surface area contributed by atoms with Crippen LogP contribution in [0.25, 0.3) is 0 Å². The van der Waals surface area contributed by atoms with Crippen LogP contribution in [0.1, 0.15) is 53.3 Å². The molecule has 0 saturated heterocycles. The lowest BCUT2D eigenvalue weighted by Gasteiger charge is -2.21. The molecular weight excluding hydrogens is 450 g/mol. The van der Waals surface area contributed by atoms with E-state index in [1.54, 1.807) is 0 Å². The molecule has 1 aliphatic carbocycles. The van der Waals surface area contributed by atoms with Gasteiger partial charge in [0.05, 0.1) is 16.6 Å². The molecule has 2 aromatic carbocycles. The number of carbonyl (C=O) groups is 1. The summed E-state index contributed by atoms with van der Waals surface area (Å²) >= 11 is 5.65. The zero-order valence-corrected chi connectivity index (χ0v) is 17.6. The second-order valence-electron chi connectivity index (χ2n) is 7.46. The van der Waals surface area contributed by atoms with Crippen molar-refractivity contribution in [2.75, 3.05) is 5.73 Å². The monoisotopic (exact) mass is 471 g/mol. The number of halogens is 5. The second kappa shape index (κ2) is 9.74. The maximum absolute atomic E-state index is 13.7. The van der Waals surface area contributed by atoms with Crippen LogP contribution in [0.2, 0.25) is 5.02 Å². The lowest BCUT2D eigenvalue weighted by atomic mass is 10.1. The van der Waals surface area contributed by atoms with E-state index in [1.807, 2.05) is 0 Å². The van der Waals surface area contributed by atoms with Gasteiger partial charge in [0, 0.05) is 16.8 Å². The fourth-order valence-corrected chi connectivity index (χ4v) is 3.52. The quantitative estimate of drug-likeness (QED) is 0.175. The van der Waals surface area contributed by atoms with Crippen molar-refractivity contribution in [1.29, 1.82) is 0 Å². The Morgan fingerprint density at radius 3 is 2.44 bits per heavy atom. The van der Waals surface area contributed by atoms with E-state index in [0.29, 0.717) is 0 Å². The Morgan fingerprint density at radius 2 is 1.84 bits per heavy atom.